The van der Waals surface area contributed by atoms with Crippen LogP contribution in [0.3, 0.4) is 0 Å². The maximum atomic E-state index is 5.74. The van der Waals surface area contributed by atoms with Crippen molar-refractivity contribution in [3.05, 3.63) is 38.1 Å². The lowest BCUT2D eigenvalue weighted by molar-refractivity contribution is 0.864. The van der Waals surface area contributed by atoms with Crippen LogP contribution in [0.4, 0.5) is 5.82 Å². The summed E-state index contributed by atoms with van der Waals surface area (Å²) in [6.07, 6.45) is 2.91. The molecule has 0 bridgehead atoms. The molecule has 0 spiro atoms. The Bertz CT molecular complexity index is 715. The van der Waals surface area contributed by atoms with Crippen molar-refractivity contribution in [2.75, 3.05) is 18.5 Å². The van der Waals surface area contributed by atoms with Crippen molar-refractivity contribution in [2.24, 2.45) is 5.73 Å². The van der Waals surface area contributed by atoms with Crippen LogP contribution in [0, 0.1) is 0 Å². The molecule has 0 aliphatic rings. The first-order valence-corrected chi connectivity index (χ1v) is 8.83. The number of hydrogen-bond acceptors (Lipinski definition) is 5. The number of thiophene rings is 1. The van der Waals surface area contributed by atoms with Gasteiger partial charge in [-0.1, -0.05) is 0 Å². The van der Waals surface area contributed by atoms with Crippen molar-refractivity contribution in [1.82, 2.24) is 9.38 Å². The number of nitrogens with two attached hydrogens (primary N) is 1. The predicted octanol–water partition coefficient (Wildman–Crippen LogP) is 3.36. The lowest BCUT2D eigenvalue weighted by Crippen LogP contribution is -2.19. The highest BCUT2D eigenvalue weighted by atomic mass is 79.9. The highest BCUT2D eigenvalue weighted by Crippen LogP contribution is 2.27. The molecule has 106 valence electrons. The van der Waals surface area contributed by atoms with Crippen molar-refractivity contribution in [3.63, 3.8) is 0 Å². The van der Waals surface area contributed by atoms with Gasteiger partial charge in [-0.2, -0.15) is 0 Å². The Morgan fingerprint density at radius 1 is 1.45 bits per heavy atom. The number of anilines is 1. The van der Waals surface area contributed by atoms with Gasteiger partial charge in [0.15, 0.2) is 10.8 Å². The van der Waals surface area contributed by atoms with E-state index in [0.29, 0.717) is 6.54 Å². The summed E-state index contributed by atoms with van der Waals surface area (Å²) in [5.41, 5.74) is 6.94. The van der Waals surface area contributed by atoms with Crippen LogP contribution in [0.5, 0.6) is 0 Å². The highest BCUT2D eigenvalue weighted by Gasteiger charge is 2.16. The fourth-order valence-corrected chi connectivity index (χ4v) is 4.47. The minimum absolute atomic E-state index is 0.634. The van der Waals surface area contributed by atoms with E-state index in [2.05, 4.69) is 55.3 Å². The van der Waals surface area contributed by atoms with Gasteiger partial charge in [0.05, 0.1) is 12.2 Å². The molecule has 3 aromatic rings. The Balaban J connectivity index is 1.91. The number of nitrogens with zero attached hydrogens (tertiary/aromatic N) is 3. The van der Waals surface area contributed by atoms with E-state index in [-0.39, 0.29) is 0 Å². The summed E-state index contributed by atoms with van der Waals surface area (Å²) >= 11 is 6.91. The zero-order valence-electron chi connectivity index (χ0n) is 11.0. The van der Waals surface area contributed by atoms with Crippen LogP contribution in [-0.2, 0) is 13.0 Å². The molecule has 20 heavy (non-hydrogen) atoms. The van der Waals surface area contributed by atoms with Gasteiger partial charge in [-0.05, 0) is 28.5 Å². The van der Waals surface area contributed by atoms with Crippen LogP contribution < -0.4 is 10.6 Å². The van der Waals surface area contributed by atoms with Gasteiger partial charge in [0.1, 0.15) is 0 Å². The molecular weight excluding hydrogens is 356 g/mol. The topological polar surface area (TPSA) is 46.6 Å². The van der Waals surface area contributed by atoms with Crippen molar-refractivity contribution in [3.8, 4) is 0 Å². The number of hydrogen-bond donors (Lipinski definition) is 1. The molecule has 0 unspecified atom stereocenters. The van der Waals surface area contributed by atoms with Crippen molar-refractivity contribution >= 4 is 49.4 Å². The van der Waals surface area contributed by atoms with Crippen LogP contribution in [-0.4, -0.2) is 23.0 Å². The van der Waals surface area contributed by atoms with Gasteiger partial charge < -0.3 is 10.6 Å². The van der Waals surface area contributed by atoms with Gasteiger partial charge in [0.2, 0.25) is 0 Å². The molecule has 3 rings (SSSR count). The Kier molecular flexibility index (Phi) is 4.11. The molecule has 7 heteroatoms. The third kappa shape index (κ3) is 2.63. The monoisotopic (exact) mass is 370 g/mol. The first-order valence-electron chi connectivity index (χ1n) is 6.27. The molecule has 0 aromatic carbocycles. The fourth-order valence-electron chi connectivity index (χ4n) is 2.24. The van der Waals surface area contributed by atoms with Gasteiger partial charge in [0, 0.05) is 39.8 Å². The first-order chi connectivity index (χ1) is 9.69. The van der Waals surface area contributed by atoms with Gasteiger partial charge in [-0.3, -0.25) is 4.40 Å². The number of halogens is 1. The highest BCUT2D eigenvalue weighted by molar-refractivity contribution is 9.10. The van der Waals surface area contributed by atoms with E-state index in [9.17, 15) is 0 Å². The molecule has 0 saturated carbocycles. The van der Waals surface area contributed by atoms with Crippen LogP contribution in [0.1, 0.15) is 10.6 Å². The Labute approximate surface area is 134 Å². The number of rotatable bonds is 5. The van der Waals surface area contributed by atoms with Gasteiger partial charge in [-0.25, -0.2) is 4.98 Å². The lowest BCUT2D eigenvalue weighted by atomic mass is 10.3. The summed E-state index contributed by atoms with van der Waals surface area (Å²) in [6.45, 7) is 1.49. The third-order valence-electron chi connectivity index (χ3n) is 3.10. The molecule has 0 aliphatic heterocycles. The molecular formula is C13H15BrN4S2. The maximum absolute atomic E-state index is 5.74. The standard InChI is InChI=1S/C13H15BrN4S2/c1-17(7-10-6-9(14)8-20-10)12-11(2-3-15)18-4-5-19-13(18)16-12/h4-6,8H,2-3,7,15H2,1H3. The van der Waals surface area contributed by atoms with Crippen molar-refractivity contribution < 1.29 is 0 Å². The second kappa shape index (κ2) is 5.85. The fraction of sp³-hybridized carbons (Fsp3) is 0.308. The quantitative estimate of drug-likeness (QED) is 0.748. The van der Waals surface area contributed by atoms with Crippen molar-refractivity contribution in [2.45, 2.75) is 13.0 Å². The number of thiazole rings is 1. The molecule has 0 amide bonds. The average Bonchev–Trinajstić information content (AvgIpc) is 3.08. The van der Waals surface area contributed by atoms with Crippen molar-refractivity contribution in [1.29, 1.82) is 0 Å². The maximum Gasteiger partial charge on any atom is 0.195 e. The molecule has 0 radical (unpaired) electrons. The minimum Gasteiger partial charge on any atom is -0.353 e. The Morgan fingerprint density at radius 3 is 3.00 bits per heavy atom. The third-order valence-corrected chi connectivity index (χ3v) is 5.54. The van der Waals surface area contributed by atoms with Gasteiger partial charge >= 0.3 is 0 Å². The van der Waals surface area contributed by atoms with E-state index >= 15 is 0 Å². The summed E-state index contributed by atoms with van der Waals surface area (Å²) in [6, 6.07) is 2.15. The molecule has 0 atom stereocenters. The molecule has 0 fully saturated rings. The van der Waals surface area contributed by atoms with E-state index < -0.39 is 0 Å². The Hall–Kier alpha value is -0.890. The van der Waals surface area contributed by atoms with Crippen LogP contribution >= 0.6 is 38.6 Å². The number of imidazole rings is 1. The Morgan fingerprint density at radius 2 is 2.30 bits per heavy atom. The smallest absolute Gasteiger partial charge is 0.195 e. The van der Waals surface area contributed by atoms with E-state index in [1.54, 1.807) is 22.7 Å². The zero-order valence-corrected chi connectivity index (χ0v) is 14.3. The molecule has 0 saturated heterocycles. The SMILES string of the molecule is CN(Cc1cc(Br)cs1)c1nc2sccn2c1CCN. The number of aromatic nitrogens is 2. The summed E-state index contributed by atoms with van der Waals surface area (Å²) in [5.74, 6) is 1.03. The number of fused-ring (bicyclic) bond motifs is 1. The first kappa shape index (κ1) is 14.1. The molecule has 3 aromatic heterocycles. The van der Waals surface area contributed by atoms with Crippen LogP contribution in [0.15, 0.2) is 27.5 Å². The normalized spacial score (nSPS) is 11.3. The second-order valence-electron chi connectivity index (χ2n) is 4.56. The minimum atomic E-state index is 0.634. The van der Waals surface area contributed by atoms with Crippen LogP contribution in [0.2, 0.25) is 0 Å². The molecule has 3 heterocycles. The summed E-state index contributed by atoms with van der Waals surface area (Å²) in [7, 11) is 2.08. The summed E-state index contributed by atoms with van der Waals surface area (Å²) in [4.78, 5) is 9.28. The summed E-state index contributed by atoms with van der Waals surface area (Å²) in [5, 5.41) is 4.16. The zero-order chi connectivity index (χ0) is 14.1. The van der Waals surface area contributed by atoms with E-state index in [4.69, 9.17) is 10.7 Å². The molecule has 4 nitrogen and oxygen atoms in total. The van der Waals surface area contributed by atoms with Gasteiger partial charge in [0.25, 0.3) is 0 Å². The summed E-state index contributed by atoms with van der Waals surface area (Å²) < 4.78 is 3.28. The second-order valence-corrected chi connectivity index (χ2v) is 7.35. The predicted molar refractivity (Wildman–Crippen MR) is 90.0 cm³/mol. The van der Waals surface area contributed by atoms with E-state index in [1.807, 2.05) is 0 Å². The van der Waals surface area contributed by atoms with E-state index in [0.717, 1.165) is 28.2 Å². The van der Waals surface area contributed by atoms with E-state index in [1.165, 1.54) is 10.6 Å². The lowest BCUT2D eigenvalue weighted by Gasteiger charge is -2.17. The van der Waals surface area contributed by atoms with Crippen LogP contribution in [0.25, 0.3) is 4.96 Å². The largest absolute Gasteiger partial charge is 0.353 e. The molecule has 0 aliphatic carbocycles. The molecule has 2 N–H and O–H groups in total. The van der Waals surface area contributed by atoms with Gasteiger partial charge in [-0.15, -0.1) is 22.7 Å². The average molecular weight is 371 g/mol.